The van der Waals surface area contributed by atoms with Gasteiger partial charge in [-0.3, -0.25) is 4.79 Å². The van der Waals surface area contributed by atoms with E-state index in [4.69, 9.17) is 0 Å². The predicted octanol–water partition coefficient (Wildman–Crippen LogP) is 4.37. The smallest absolute Gasteiger partial charge is 0.251 e. The van der Waals surface area contributed by atoms with Crippen LogP contribution in [-0.2, 0) is 5.60 Å². The zero-order valence-electron chi connectivity index (χ0n) is 17.0. The molecule has 0 unspecified atom stereocenters. The number of hydrogen-bond acceptors (Lipinski definition) is 3. The minimum Gasteiger partial charge on any atom is -0.384 e. The van der Waals surface area contributed by atoms with Crippen LogP contribution < -0.4 is 10.6 Å². The van der Waals surface area contributed by atoms with E-state index in [9.17, 15) is 18.7 Å². The molecular formula is C22H28F2N2O2. The summed E-state index contributed by atoms with van der Waals surface area (Å²) in [5.41, 5.74) is 0.447. The van der Waals surface area contributed by atoms with E-state index in [-0.39, 0.29) is 23.4 Å². The second-order valence-electron chi connectivity index (χ2n) is 8.47. The van der Waals surface area contributed by atoms with Gasteiger partial charge in [0.05, 0.1) is 6.54 Å². The van der Waals surface area contributed by atoms with Crippen molar-refractivity contribution in [2.45, 2.75) is 40.2 Å². The van der Waals surface area contributed by atoms with Crippen LogP contribution >= 0.6 is 0 Å². The van der Waals surface area contributed by atoms with Gasteiger partial charge in [0.2, 0.25) is 0 Å². The Balaban J connectivity index is 2.12. The van der Waals surface area contributed by atoms with Gasteiger partial charge in [-0.1, -0.05) is 32.9 Å². The Morgan fingerprint density at radius 3 is 2.36 bits per heavy atom. The first-order chi connectivity index (χ1) is 12.9. The van der Waals surface area contributed by atoms with Crippen molar-refractivity contribution in [2.24, 2.45) is 5.41 Å². The fourth-order valence-electron chi connectivity index (χ4n) is 2.80. The minimum atomic E-state index is -1.68. The molecule has 0 spiro atoms. The Morgan fingerprint density at radius 2 is 1.75 bits per heavy atom. The fourth-order valence-corrected chi connectivity index (χ4v) is 2.80. The van der Waals surface area contributed by atoms with Crippen LogP contribution in [0.5, 0.6) is 0 Å². The van der Waals surface area contributed by atoms with Crippen molar-refractivity contribution >= 4 is 11.6 Å². The van der Waals surface area contributed by atoms with Gasteiger partial charge in [-0.15, -0.1) is 0 Å². The molecule has 2 aromatic carbocycles. The Labute approximate surface area is 165 Å². The number of carbonyl (C=O) groups is 1. The van der Waals surface area contributed by atoms with Crippen molar-refractivity contribution in [3.05, 3.63) is 64.7 Å². The first kappa shape index (κ1) is 21.8. The molecule has 2 aromatic rings. The topological polar surface area (TPSA) is 61.4 Å². The van der Waals surface area contributed by atoms with Crippen LogP contribution in [0, 0.1) is 24.0 Å². The van der Waals surface area contributed by atoms with Crippen molar-refractivity contribution in [3.8, 4) is 0 Å². The van der Waals surface area contributed by atoms with Crippen molar-refractivity contribution < 1.29 is 18.7 Å². The Morgan fingerprint density at radius 1 is 1.07 bits per heavy atom. The average Bonchev–Trinajstić information content (AvgIpc) is 2.57. The van der Waals surface area contributed by atoms with Crippen LogP contribution in [0.2, 0.25) is 0 Å². The second-order valence-corrected chi connectivity index (χ2v) is 8.47. The van der Waals surface area contributed by atoms with Gasteiger partial charge in [-0.25, -0.2) is 8.78 Å². The molecule has 4 nitrogen and oxygen atoms in total. The van der Waals surface area contributed by atoms with Crippen LogP contribution in [0.1, 0.15) is 49.2 Å². The quantitative estimate of drug-likeness (QED) is 0.686. The summed E-state index contributed by atoms with van der Waals surface area (Å²) < 4.78 is 27.1. The molecule has 0 aromatic heterocycles. The molecule has 0 radical (unpaired) electrons. The maximum atomic E-state index is 14.0. The lowest BCUT2D eigenvalue weighted by Crippen LogP contribution is -2.39. The zero-order valence-corrected chi connectivity index (χ0v) is 17.0. The largest absolute Gasteiger partial charge is 0.384 e. The summed E-state index contributed by atoms with van der Waals surface area (Å²) >= 11 is 0. The summed E-state index contributed by atoms with van der Waals surface area (Å²) in [5.74, 6) is -1.96. The summed E-state index contributed by atoms with van der Waals surface area (Å²) in [6, 6.07) is 8.34. The molecule has 2 rings (SSSR count). The lowest BCUT2D eigenvalue weighted by atomic mass is 9.95. The van der Waals surface area contributed by atoms with Gasteiger partial charge in [0.25, 0.3) is 5.91 Å². The third kappa shape index (κ3) is 5.52. The van der Waals surface area contributed by atoms with Crippen molar-refractivity contribution in [3.63, 3.8) is 0 Å². The highest BCUT2D eigenvalue weighted by Crippen LogP contribution is 2.25. The standard InChI is InChI=1S/C22H28F2N2O2/c1-14-16(7-6-8-19(14)25-12-21(2,3)4)20(27)26-13-22(5,28)17-10-9-15(23)11-18(17)24/h6-11,25,28H,12-13H2,1-5H3,(H,26,27)/t22-/m1/s1. The average molecular weight is 390 g/mol. The minimum absolute atomic E-state index is 0.0773. The van der Waals surface area contributed by atoms with E-state index in [2.05, 4.69) is 31.4 Å². The third-order valence-electron chi connectivity index (χ3n) is 4.49. The molecule has 1 atom stereocenters. The van der Waals surface area contributed by atoms with Crippen molar-refractivity contribution in [1.82, 2.24) is 5.32 Å². The molecule has 0 aliphatic rings. The Kier molecular flexibility index (Phi) is 6.44. The zero-order chi connectivity index (χ0) is 21.1. The summed E-state index contributed by atoms with van der Waals surface area (Å²) in [6.07, 6.45) is 0. The third-order valence-corrected chi connectivity index (χ3v) is 4.49. The molecule has 6 heteroatoms. The molecule has 0 heterocycles. The maximum Gasteiger partial charge on any atom is 0.251 e. The number of amides is 1. The molecular weight excluding hydrogens is 362 g/mol. The van der Waals surface area contributed by atoms with Crippen LogP contribution in [0.4, 0.5) is 14.5 Å². The summed E-state index contributed by atoms with van der Waals surface area (Å²) in [5, 5.41) is 16.5. The van der Waals surface area contributed by atoms with Gasteiger partial charge in [0.1, 0.15) is 17.2 Å². The number of halogens is 2. The molecule has 28 heavy (non-hydrogen) atoms. The van der Waals surface area contributed by atoms with Gasteiger partial charge in [0.15, 0.2) is 0 Å². The second kappa shape index (κ2) is 8.27. The molecule has 0 saturated carbocycles. The summed E-state index contributed by atoms with van der Waals surface area (Å²) in [4.78, 5) is 12.6. The van der Waals surface area contributed by atoms with Crippen LogP contribution in [0.25, 0.3) is 0 Å². The van der Waals surface area contributed by atoms with Gasteiger partial charge < -0.3 is 15.7 Å². The van der Waals surface area contributed by atoms with E-state index in [1.807, 2.05) is 13.0 Å². The first-order valence-corrected chi connectivity index (χ1v) is 9.20. The predicted molar refractivity (Wildman–Crippen MR) is 107 cm³/mol. The monoisotopic (exact) mass is 390 g/mol. The highest BCUT2D eigenvalue weighted by atomic mass is 19.1. The molecule has 1 amide bonds. The maximum absolute atomic E-state index is 14.0. The molecule has 0 bridgehead atoms. The van der Waals surface area contributed by atoms with Crippen LogP contribution in [0.15, 0.2) is 36.4 Å². The number of rotatable bonds is 6. The molecule has 0 fully saturated rings. The highest BCUT2D eigenvalue weighted by Gasteiger charge is 2.28. The molecule has 0 aliphatic heterocycles. The van der Waals surface area contributed by atoms with E-state index in [1.165, 1.54) is 13.0 Å². The summed E-state index contributed by atoms with van der Waals surface area (Å²) in [7, 11) is 0. The van der Waals surface area contributed by atoms with Crippen molar-refractivity contribution in [2.75, 3.05) is 18.4 Å². The van der Waals surface area contributed by atoms with E-state index in [0.29, 0.717) is 11.6 Å². The number of nitrogens with one attached hydrogen (secondary N) is 2. The van der Waals surface area contributed by atoms with Gasteiger partial charge in [-0.2, -0.15) is 0 Å². The summed E-state index contributed by atoms with van der Waals surface area (Å²) in [6.45, 7) is 10.1. The van der Waals surface area contributed by atoms with Crippen LogP contribution in [0.3, 0.4) is 0 Å². The van der Waals surface area contributed by atoms with Crippen molar-refractivity contribution in [1.29, 1.82) is 0 Å². The number of hydrogen-bond donors (Lipinski definition) is 3. The SMILES string of the molecule is Cc1c(NCC(C)(C)C)cccc1C(=O)NC[C@@](C)(O)c1ccc(F)cc1F. The van der Waals surface area contributed by atoms with Gasteiger partial charge >= 0.3 is 0 Å². The van der Waals surface area contributed by atoms with E-state index in [1.54, 1.807) is 12.1 Å². The Hall–Kier alpha value is -2.47. The van der Waals surface area contributed by atoms with Gasteiger partial charge in [-0.05, 0) is 43.0 Å². The first-order valence-electron chi connectivity index (χ1n) is 9.20. The van der Waals surface area contributed by atoms with E-state index < -0.39 is 17.2 Å². The molecule has 152 valence electrons. The number of aliphatic hydroxyl groups is 1. The molecule has 3 N–H and O–H groups in total. The molecule has 0 aliphatic carbocycles. The normalized spacial score (nSPS) is 13.7. The number of carbonyl (C=O) groups excluding carboxylic acids is 1. The fraction of sp³-hybridized carbons (Fsp3) is 0.409. The van der Waals surface area contributed by atoms with Gasteiger partial charge in [0, 0.05) is 29.4 Å². The Bertz CT molecular complexity index is 858. The highest BCUT2D eigenvalue weighted by molar-refractivity contribution is 5.97. The van der Waals surface area contributed by atoms with Crippen LogP contribution in [-0.4, -0.2) is 24.1 Å². The number of anilines is 1. The molecule has 0 saturated heterocycles. The van der Waals surface area contributed by atoms with E-state index in [0.717, 1.165) is 23.9 Å². The lowest BCUT2D eigenvalue weighted by Gasteiger charge is -2.25. The van der Waals surface area contributed by atoms with E-state index >= 15 is 0 Å². The number of benzene rings is 2. The lowest BCUT2D eigenvalue weighted by molar-refractivity contribution is 0.0494.